The van der Waals surface area contributed by atoms with Crippen molar-refractivity contribution in [3.8, 4) is 11.5 Å². The highest BCUT2D eigenvalue weighted by Gasteiger charge is 2.04. The van der Waals surface area contributed by atoms with E-state index < -0.39 is 0 Å². The number of ether oxygens (including phenoxy) is 1. The van der Waals surface area contributed by atoms with Crippen LogP contribution in [0.4, 0.5) is 0 Å². The van der Waals surface area contributed by atoms with E-state index in [1.165, 1.54) is 11.1 Å². The van der Waals surface area contributed by atoms with Gasteiger partial charge in [0.15, 0.2) is 0 Å². The molecule has 0 aromatic heterocycles. The Bertz CT molecular complexity index is 558. The molecular formula is C18H23NO. The van der Waals surface area contributed by atoms with Crippen molar-refractivity contribution in [2.75, 3.05) is 6.54 Å². The van der Waals surface area contributed by atoms with Gasteiger partial charge in [0.2, 0.25) is 0 Å². The normalized spacial score (nSPS) is 10.8. The number of hydrogen-bond donors (Lipinski definition) is 1. The molecule has 0 heterocycles. The third-order valence-corrected chi connectivity index (χ3v) is 3.45. The number of benzene rings is 2. The smallest absolute Gasteiger partial charge is 0.130 e. The van der Waals surface area contributed by atoms with Gasteiger partial charge < -0.3 is 10.5 Å². The summed E-state index contributed by atoms with van der Waals surface area (Å²) in [4.78, 5) is 0. The Morgan fingerprint density at radius 3 is 2.30 bits per heavy atom. The first-order valence-corrected chi connectivity index (χ1v) is 7.17. The standard InChI is InChI=1S/C18H23NO/c1-13(2)16-5-7-17(8-6-16)20-18-9-4-15(10-11-19)12-14(18)3/h4-9,12-13H,10-11,19H2,1-3H3. The van der Waals surface area contributed by atoms with Crippen LogP contribution in [0.25, 0.3) is 0 Å². The largest absolute Gasteiger partial charge is 0.457 e. The summed E-state index contributed by atoms with van der Waals surface area (Å²) in [7, 11) is 0. The van der Waals surface area contributed by atoms with Crippen molar-refractivity contribution in [2.45, 2.75) is 33.1 Å². The lowest BCUT2D eigenvalue weighted by molar-refractivity contribution is 0.478. The summed E-state index contributed by atoms with van der Waals surface area (Å²) in [6.07, 6.45) is 0.907. The van der Waals surface area contributed by atoms with Crippen molar-refractivity contribution in [3.63, 3.8) is 0 Å². The van der Waals surface area contributed by atoms with Crippen LogP contribution in [0.5, 0.6) is 11.5 Å². The molecule has 0 aliphatic heterocycles. The van der Waals surface area contributed by atoms with Gasteiger partial charge in [-0.1, -0.05) is 38.1 Å². The molecule has 2 aromatic rings. The van der Waals surface area contributed by atoms with Gasteiger partial charge in [-0.05, 0) is 60.7 Å². The van der Waals surface area contributed by atoms with Gasteiger partial charge in [-0.3, -0.25) is 0 Å². The minimum atomic E-state index is 0.543. The summed E-state index contributed by atoms with van der Waals surface area (Å²) in [5.41, 5.74) is 9.31. The molecule has 0 spiro atoms. The van der Waals surface area contributed by atoms with E-state index in [-0.39, 0.29) is 0 Å². The van der Waals surface area contributed by atoms with E-state index in [1.54, 1.807) is 0 Å². The number of rotatable bonds is 5. The maximum Gasteiger partial charge on any atom is 0.130 e. The Labute approximate surface area is 121 Å². The molecule has 2 rings (SSSR count). The van der Waals surface area contributed by atoms with Crippen LogP contribution in [0.2, 0.25) is 0 Å². The molecule has 0 atom stereocenters. The summed E-state index contributed by atoms with van der Waals surface area (Å²) >= 11 is 0. The summed E-state index contributed by atoms with van der Waals surface area (Å²) in [6, 6.07) is 14.6. The predicted octanol–water partition coefficient (Wildman–Crippen LogP) is 4.41. The third kappa shape index (κ3) is 3.61. The second-order valence-electron chi connectivity index (χ2n) is 5.46. The fraction of sp³-hybridized carbons (Fsp3) is 0.333. The van der Waals surface area contributed by atoms with Gasteiger partial charge in [-0.25, -0.2) is 0 Å². The molecule has 106 valence electrons. The van der Waals surface area contributed by atoms with E-state index >= 15 is 0 Å². The maximum absolute atomic E-state index is 5.95. The average Bonchev–Trinajstić information content (AvgIpc) is 2.43. The number of hydrogen-bond acceptors (Lipinski definition) is 2. The molecule has 0 unspecified atom stereocenters. The minimum Gasteiger partial charge on any atom is -0.457 e. The highest BCUT2D eigenvalue weighted by molar-refractivity contribution is 5.40. The molecule has 0 radical (unpaired) electrons. The Balaban J connectivity index is 2.13. The lowest BCUT2D eigenvalue weighted by Crippen LogP contribution is -2.02. The predicted molar refractivity (Wildman–Crippen MR) is 84.5 cm³/mol. The Hall–Kier alpha value is -1.80. The van der Waals surface area contributed by atoms with E-state index in [4.69, 9.17) is 10.5 Å². The van der Waals surface area contributed by atoms with E-state index in [1.807, 2.05) is 18.2 Å². The first-order valence-electron chi connectivity index (χ1n) is 7.17. The number of aryl methyl sites for hydroxylation is 1. The van der Waals surface area contributed by atoms with Crippen LogP contribution in [0.15, 0.2) is 42.5 Å². The highest BCUT2D eigenvalue weighted by atomic mass is 16.5. The fourth-order valence-electron chi connectivity index (χ4n) is 2.20. The van der Waals surface area contributed by atoms with Crippen LogP contribution >= 0.6 is 0 Å². The Morgan fingerprint density at radius 2 is 1.75 bits per heavy atom. The number of nitrogens with two attached hydrogens (primary N) is 1. The van der Waals surface area contributed by atoms with Crippen LogP contribution in [0, 0.1) is 6.92 Å². The molecule has 0 bridgehead atoms. The monoisotopic (exact) mass is 269 g/mol. The first-order chi connectivity index (χ1) is 9.60. The van der Waals surface area contributed by atoms with Crippen LogP contribution in [-0.4, -0.2) is 6.54 Å². The van der Waals surface area contributed by atoms with Crippen molar-refractivity contribution in [1.29, 1.82) is 0 Å². The molecule has 2 aromatic carbocycles. The summed E-state index contributed by atoms with van der Waals surface area (Å²) in [6.45, 7) is 7.13. The van der Waals surface area contributed by atoms with Gasteiger partial charge in [-0.15, -0.1) is 0 Å². The van der Waals surface area contributed by atoms with Crippen LogP contribution in [-0.2, 0) is 6.42 Å². The fourth-order valence-corrected chi connectivity index (χ4v) is 2.20. The van der Waals surface area contributed by atoms with E-state index in [0.717, 1.165) is 23.5 Å². The van der Waals surface area contributed by atoms with Gasteiger partial charge in [0.1, 0.15) is 11.5 Å². The topological polar surface area (TPSA) is 35.2 Å². The van der Waals surface area contributed by atoms with Gasteiger partial charge in [-0.2, -0.15) is 0 Å². The maximum atomic E-state index is 5.95. The molecule has 0 saturated carbocycles. The summed E-state index contributed by atoms with van der Waals surface area (Å²) in [5.74, 6) is 2.33. The van der Waals surface area contributed by atoms with Crippen molar-refractivity contribution in [2.24, 2.45) is 5.73 Å². The lowest BCUT2D eigenvalue weighted by Gasteiger charge is -2.11. The van der Waals surface area contributed by atoms with Crippen molar-refractivity contribution < 1.29 is 4.74 Å². The zero-order valence-electron chi connectivity index (χ0n) is 12.5. The molecular weight excluding hydrogens is 246 g/mol. The third-order valence-electron chi connectivity index (χ3n) is 3.45. The van der Waals surface area contributed by atoms with Crippen molar-refractivity contribution in [3.05, 3.63) is 59.2 Å². The molecule has 2 nitrogen and oxygen atoms in total. The lowest BCUT2D eigenvalue weighted by atomic mass is 10.0. The quantitative estimate of drug-likeness (QED) is 0.872. The van der Waals surface area contributed by atoms with E-state index in [0.29, 0.717) is 12.5 Å². The Morgan fingerprint density at radius 1 is 1.05 bits per heavy atom. The summed E-state index contributed by atoms with van der Waals surface area (Å²) in [5, 5.41) is 0. The van der Waals surface area contributed by atoms with Gasteiger partial charge >= 0.3 is 0 Å². The zero-order valence-corrected chi connectivity index (χ0v) is 12.5. The minimum absolute atomic E-state index is 0.543. The summed E-state index contributed by atoms with van der Waals surface area (Å²) < 4.78 is 5.95. The van der Waals surface area contributed by atoms with Gasteiger partial charge in [0.05, 0.1) is 0 Å². The molecule has 2 heteroatoms. The molecule has 0 aliphatic rings. The molecule has 0 aliphatic carbocycles. The first kappa shape index (κ1) is 14.6. The van der Waals surface area contributed by atoms with Crippen LogP contribution < -0.4 is 10.5 Å². The van der Waals surface area contributed by atoms with Gasteiger partial charge in [0.25, 0.3) is 0 Å². The highest BCUT2D eigenvalue weighted by Crippen LogP contribution is 2.27. The molecule has 0 saturated heterocycles. The van der Waals surface area contributed by atoms with Crippen molar-refractivity contribution >= 4 is 0 Å². The molecule has 2 N–H and O–H groups in total. The van der Waals surface area contributed by atoms with Crippen LogP contribution in [0.3, 0.4) is 0 Å². The van der Waals surface area contributed by atoms with Crippen LogP contribution in [0.1, 0.15) is 36.5 Å². The molecule has 20 heavy (non-hydrogen) atoms. The van der Waals surface area contributed by atoms with Gasteiger partial charge in [0, 0.05) is 0 Å². The average molecular weight is 269 g/mol. The SMILES string of the molecule is Cc1cc(CCN)ccc1Oc1ccc(C(C)C)cc1. The molecule has 0 fully saturated rings. The van der Waals surface area contributed by atoms with Crippen molar-refractivity contribution in [1.82, 2.24) is 0 Å². The van der Waals surface area contributed by atoms with E-state index in [2.05, 4.69) is 45.0 Å². The Kier molecular flexibility index (Phi) is 4.80. The second-order valence-corrected chi connectivity index (χ2v) is 5.46. The molecule has 0 amide bonds. The second kappa shape index (κ2) is 6.58. The van der Waals surface area contributed by atoms with E-state index in [9.17, 15) is 0 Å². The zero-order chi connectivity index (χ0) is 14.5.